The molecular formula is C104H208O16. The first-order chi connectivity index (χ1) is 63.3. The van der Waals surface area contributed by atoms with Gasteiger partial charge in [-0.1, -0.05) is 0 Å². The summed E-state index contributed by atoms with van der Waals surface area (Å²) in [6.45, 7) is 80.0. The van der Waals surface area contributed by atoms with Gasteiger partial charge in [-0.15, -0.1) is 0 Å². The molecule has 720 valence electrons. The molecule has 0 aliphatic heterocycles. The van der Waals surface area contributed by atoms with Crippen LogP contribution in [0.2, 0.25) is 0 Å². The molecule has 0 aliphatic carbocycles. The highest BCUT2D eigenvalue weighted by atomic mass is 16.5. The monoisotopic (exact) mass is 1740 g/mol. The fraction of sp³-hybridized carbons (Fsp3) is 0.846. The van der Waals surface area contributed by atoms with E-state index < -0.39 is 139 Å². The van der Waals surface area contributed by atoms with Crippen molar-refractivity contribution < 1.29 is 109 Å². The first kappa shape index (κ1) is 89.3. The fourth-order valence-corrected chi connectivity index (χ4v) is 10.7. The van der Waals surface area contributed by atoms with Crippen molar-refractivity contribution in [3.8, 4) is 0 Å². The van der Waals surface area contributed by atoms with Crippen molar-refractivity contribution >= 4 is 0 Å². The lowest BCUT2D eigenvalue weighted by Crippen LogP contribution is -2.32. The van der Waals surface area contributed by atoms with E-state index in [4.69, 9.17) is 109 Å². The Labute approximate surface area is 781 Å². The first-order valence-electron chi connectivity index (χ1n) is 54.9. The van der Waals surface area contributed by atoms with E-state index in [1.54, 1.807) is 63.1 Å². The predicted octanol–water partition coefficient (Wildman–Crippen LogP) is 28.5. The third kappa shape index (κ3) is 45.8. The number of methoxy groups -OCH3 is 8. The first-order valence-corrected chi connectivity index (χ1v) is 41.4. The normalized spacial score (nSPS) is 18.8. The molecule has 0 fully saturated rings. The molecule has 0 spiro atoms. The van der Waals surface area contributed by atoms with Gasteiger partial charge in [-0.25, -0.2) is 0 Å². The molecule has 16 nitrogen and oxygen atoms in total. The second kappa shape index (κ2) is 56.6. The van der Waals surface area contributed by atoms with E-state index in [-0.39, 0.29) is 59.7 Å². The summed E-state index contributed by atoms with van der Waals surface area (Å²) in [5.41, 5.74) is 6.82. The maximum Gasteiger partial charge on any atom is 0.0836 e. The second-order valence-corrected chi connectivity index (χ2v) is 37.9. The zero-order valence-electron chi connectivity index (χ0n) is 112. The fourth-order valence-electron chi connectivity index (χ4n) is 10.7. The molecule has 16 heteroatoms. The smallest absolute Gasteiger partial charge is 0.0836 e. The molecular weight excluding hydrogens is 1510 g/mol. The topological polar surface area (TPSA) is 148 Å². The maximum atomic E-state index is 7.60. The van der Waals surface area contributed by atoms with Crippen LogP contribution in [-0.4, -0.2) is 199 Å². The van der Waals surface area contributed by atoms with Gasteiger partial charge in [0.2, 0.25) is 0 Å². The summed E-state index contributed by atoms with van der Waals surface area (Å²) >= 11 is 0. The predicted molar refractivity (Wildman–Crippen MR) is 521 cm³/mol. The van der Waals surface area contributed by atoms with Gasteiger partial charge in [0, 0.05) is 126 Å². The summed E-state index contributed by atoms with van der Waals surface area (Å²) in [5, 5.41) is 0. The number of ether oxygens (including phenoxy) is 16. The molecule has 120 heavy (non-hydrogen) atoms. The summed E-state index contributed by atoms with van der Waals surface area (Å²) in [5.74, 6) is 0. The minimum atomic E-state index is -2.84. The average Bonchev–Trinajstić information content (AvgIpc) is 0.778. The van der Waals surface area contributed by atoms with Crippen LogP contribution in [0.5, 0.6) is 0 Å². The second-order valence-electron chi connectivity index (χ2n) is 37.9. The third-order valence-corrected chi connectivity index (χ3v) is 25.6. The number of hydrogen-bond acceptors (Lipinski definition) is 16. The van der Waals surface area contributed by atoms with Crippen LogP contribution in [0.1, 0.15) is 420 Å². The van der Waals surface area contributed by atoms with Crippen molar-refractivity contribution in [1.82, 2.24) is 0 Å². The van der Waals surface area contributed by atoms with Gasteiger partial charge < -0.3 is 75.8 Å². The molecule has 0 atom stereocenters. The molecule has 0 rings (SSSR count). The lowest BCUT2D eigenvalue weighted by Gasteiger charge is -2.33. The Morgan fingerprint density at radius 1 is 0.183 bits per heavy atom. The molecule has 0 aromatic carbocycles. The van der Waals surface area contributed by atoms with Crippen LogP contribution < -0.4 is 0 Å². The van der Waals surface area contributed by atoms with E-state index in [0.717, 1.165) is 83.6 Å². The third-order valence-electron chi connectivity index (χ3n) is 25.6. The van der Waals surface area contributed by atoms with Gasteiger partial charge in [0.1, 0.15) is 0 Å². The van der Waals surface area contributed by atoms with Crippen molar-refractivity contribution in [2.24, 2.45) is 0 Å². The zero-order valence-corrected chi connectivity index (χ0v) is 87.8. The molecule has 0 N–H and O–H groups in total. The Kier molecular flexibility index (Phi) is 42.1. The highest BCUT2D eigenvalue weighted by Crippen LogP contribution is 2.38. The van der Waals surface area contributed by atoms with Crippen molar-refractivity contribution in [1.29, 1.82) is 0 Å². The van der Waals surface area contributed by atoms with Crippen molar-refractivity contribution in [3.63, 3.8) is 0 Å². The Bertz CT molecular complexity index is 3980. The molecule has 0 amide bonds. The van der Waals surface area contributed by atoms with E-state index in [2.05, 4.69) is 20.8 Å². The Morgan fingerprint density at radius 3 is 0.542 bits per heavy atom. The van der Waals surface area contributed by atoms with Gasteiger partial charge in [0.15, 0.2) is 0 Å². The van der Waals surface area contributed by atoms with E-state index in [1.165, 1.54) is 12.5 Å². The van der Waals surface area contributed by atoms with Crippen molar-refractivity contribution in [2.45, 2.75) is 477 Å². The minimum Gasteiger partial charge on any atom is -0.374 e. The van der Waals surface area contributed by atoms with Crippen LogP contribution in [0.3, 0.4) is 0 Å². The minimum absolute atomic E-state index is 0.0211. The molecule has 0 aliphatic rings. The Morgan fingerprint density at radius 2 is 0.367 bits per heavy atom. The molecule has 0 heterocycles. The largest absolute Gasteiger partial charge is 0.374 e. The van der Waals surface area contributed by atoms with Gasteiger partial charge >= 0.3 is 0 Å². The lowest BCUT2D eigenvalue weighted by atomic mass is 9.87. The zero-order chi connectivity index (χ0) is 118. The summed E-state index contributed by atoms with van der Waals surface area (Å²) in [4.78, 5) is 0. The Balaban J connectivity index is -0.000000245. The Hall–Kier alpha value is -2.72. The van der Waals surface area contributed by atoms with Crippen LogP contribution in [0.25, 0.3) is 0 Å². The van der Waals surface area contributed by atoms with Crippen LogP contribution >= 0.6 is 0 Å². The highest BCUT2D eigenvalue weighted by Gasteiger charge is 2.36. The summed E-state index contributed by atoms with van der Waals surface area (Å²) in [7, 11) is 6.25. The standard InChI is InChI=1S/8C13H26O2/c8*1-9-15-13(6,7)11(3)10(2)12(4,5)14-8/h8*9H2,1-8H3/b8*11-10-/i1D3,9D2;1D2,9D2;1D,9D2;1D3,8D;1D2,8D;1D,8D;9D2;8D. The molecule has 0 bridgehead atoms. The molecule has 0 saturated carbocycles. The average molecular weight is 1740 g/mol. The van der Waals surface area contributed by atoms with Crippen LogP contribution in [0, 0.1) is 0 Å². The van der Waals surface area contributed by atoms with Crippen molar-refractivity contribution in [2.75, 3.05) is 109 Å². The number of hydrogen-bond donors (Lipinski definition) is 0. The molecule has 0 aromatic rings. The van der Waals surface area contributed by atoms with E-state index in [1.807, 2.05) is 284 Å². The summed E-state index contributed by atoms with van der Waals surface area (Å²) < 4.78 is 263. The van der Waals surface area contributed by atoms with Crippen LogP contribution in [0.15, 0.2) is 89.2 Å². The van der Waals surface area contributed by atoms with Gasteiger partial charge in [-0.2, -0.15) is 0 Å². The van der Waals surface area contributed by atoms with E-state index in [9.17, 15) is 0 Å². The molecule has 0 unspecified atom stereocenters. The van der Waals surface area contributed by atoms with Crippen LogP contribution in [0.4, 0.5) is 0 Å². The van der Waals surface area contributed by atoms with Crippen LogP contribution in [-0.2, 0) is 75.8 Å². The SMILES string of the molecule is [2H]C([2H])(C)OC(C)(C)/C(C)=C(/C)C(C)(C)OC.[2H]C([2H])([2H])C([2H])([2H])OC(C)(C)/C(C)=C(/C)C(C)(C)OC.[2H]C([2H])C([2H])([2H])OC(C)(C)/C(C)=C(/C)C(C)(C)OC.[2H]CC([2H])([2H])OC(C)(C)/C(C)=C(/C)C(C)(C)OC.[2H]CCOC(C)(C)/C(C)=C(/C)C(C)(C)OC[2H].[2H]COC(C)(C)/C(C)=C(/C)C(C)(C)OCC.[2H]COC(C)(C)/C(C)=C(/C)C(C)(C)OCC([2H])([2H])[2H].[2H]COC(C)(C)/C(C)=C(/C)C(C)(C)OCC([2H])[2H]. The quantitative estimate of drug-likeness (QED) is 0.0535. The summed E-state index contributed by atoms with van der Waals surface area (Å²) in [6.07, 6.45) is 0. The number of rotatable bonds is 40. The highest BCUT2D eigenvalue weighted by molar-refractivity contribution is 5.31. The van der Waals surface area contributed by atoms with Gasteiger partial charge in [-0.3, -0.25) is 0 Å². The summed E-state index contributed by atoms with van der Waals surface area (Å²) in [6, 6.07) is 0. The van der Waals surface area contributed by atoms with E-state index >= 15 is 0 Å². The lowest BCUT2D eigenvalue weighted by molar-refractivity contribution is 0.0109. The van der Waals surface area contributed by atoms with Gasteiger partial charge in [0.25, 0.3) is 0 Å². The van der Waals surface area contributed by atoms with Crippen molar-refractivity contribution in [3.05, 3.63) is 89.2 Å². The molecule has 0 radical (unpaired) electrons. The molecule has 0 aromatic heterocycles. The maximum absolute atomic E-state index is 7.60. The van der Waals surface area contributed by atoms with Gasteiger partial charge in [0.05, 0.1) is 106 Å². The van der Waals surface area contributed by atoms with E-state index in [0.29, 0.717) is 13.2 Å². The molecule has 0 saturated heterocycles. The van der Waals surface area contributed by atoms with Gasteiger partial charge in [-0.05, 0) is 477 Å².